The van der Waals surface area contributed by atoms with Crippen LogP contribution in [0.4, 0.5) is 0 Å². The van der Waals surface area contributed by atoms with Gasteiger partial charge in [0.25, 0.3) is 0 Å². The number of nitrogens with zero attached hydrogens (tertiary/aromatic N) is 1. The number of hydrazine groups is 1. The second kappa shape index (κ2) is 4.49. The van der Waals surface area contributed by atoms with E-state index in [1.54, 1.807) is 0 Å². The highest BCUT2D eigenvalue weighted by Gasteiger charge is 2.41. The van der Waals surface area contributed by atoms with E-state index in [1.807, 2.05) is 0 Å². The molecule has 0 spiro atoms. The first-order valence-corrected chi connectivity index (χ1v) is 5.64. The van der Waals surface area contributed by atoms with Crippen LogP contribution in [0.15, 0.2) is 0 Å². The molecule has 4 heteroatoms. The molecule has 1 fully saturated rings. The summed E-state index contributed by atoms with van der Waals surface area (Å²) >= 11 is 0. The summed E-state index contributed by atoms with van der Waals surface area (Å²) in [6, 6.07) is -0.0857. The molecule has 1 saturated heterocycles. The lowest BCUT2D eigenvalue weighted by Gasteiger charge is -2.27. The molecule has 0 aromatic rings. The Balaban J connectivity index is 2.70. The zero-order chi connectivity index (χ0) is 11.6. The van der Waals surface area contributed by atoms with E-state index in [1.165, 1.54) is 0 Å². The summed E-state index contributed by atoms with van der Waals surface area (Å²) in [7, 11) is 0. The molecule has 1 rings (SSSR count). The first-order valence-electron chi connectivity index (χ1n) is 5.64. The molecule has 1 heterocycles. The van der Waals surface area contributed by atoms with Gasteiger partial charge in [0, 0.05) is 0 Å². The minimum Gasteiger partial charge on any atom is -0.294 e. The number of amides is 1. The summed E-state index contributed by atoms with van der Waals surface area (Å²) in [4.78, 5) is 11.6. The second-order valence-electron chi connectivity index (χ2n) is 5.55. The number of nitrogens with one attached hydrogen (secondary N) is 1. The molecule has 15 heavy (non-hydrogen) atoms. The van der Waals surface area contributed by atoms with Crippen LogP contribution in [0.2, 0.25) is 0 Å². The number of hydrogen-bond acceptors (Lipinski definition) is 3. The standard InChI is InChI=1S/C11H22N2O2/c1-5-6-8-9(7-11(2,3)4)13(15)12-10(8)14/h8-9,15H,5-7H2,1-4H3,(H,12,14). The van der Waals surface area contributed by atoms with Crippen LogP contribution in [0.5, 0.6) is 0 Å². The zero-order valence-electron chi connectivity index (χ0n) is 10.1. The largest absolute Gasteiger partial charge is 0.294 e. The molecule has 2 atom stereocenters. The molecule has 4 nitrogen and oxygen atoms in total. The molecule has 2 N–H and O–H groups in total. The smallest absolute Gasteiger partial charge is 0.240 e. The van der Waals surface area contributed by atoms with Crippen LogP contribution >= 0.6 is 0 Å². The average Bonchev–Trinajstić information content (AvgIpc) is 2.30. The quantitative estimate of drug-likeness (QED) is 0.755. The minimum absolute atomic E-state index is 0.0476. The van der Waals surface area contributed by atoms with Crippen LogP contribution in [-0.2, 0) is 4.79 Å². The first kappa shape index (κ1) is 12.5. The molecule has 0 aromatic heterocycles. The fourth-order valence-corrected chi connectivity index (χ4v) is 2.11. The van der Waals surface area contributed by atoms with Gasteiger partial charge >= 0.3 is 0 Å². The van der Waals surface area contributed by atoms with Crippen molar-refractivity contribution in [2.45, 2.75) is 53.0 Å². The Bertz CT molecular complexity index is 235. The fourth-order valence-electron chi connectivity index (χ4n) is 2.11. The number of hydroxylamine groups is 1. The van der Waals surface area contributed by atoms with E-state index in [4.69, 9.17) is 0 Å². The van der Waals surface area contributed by atoms with Crippen molar-refractivity contribution in [3.63, 3.8) is 0 Å². The molecular weight excluding hydrogens is 192 g/mol. The molecule has 1 amide bonds. The topological polar surface area (TPSA) is 52.6 Å². The molecule has 0 saturated carbocycles. The van der Waals surface area contributed by atoms with Gasteiger partial charge in [-0.25, -0.2) is 0 Å². The molecule has 2 unspecified atom stereocenters. The van der Waals surface area contributed by atoms with Crippen molar-refractivity contribution in [1.82, 2.24) is 10.6 Å². The highest BCUT2D eigenvalue weighted by molar-refractivity contribution is 5.80. The lowest BCUT2D eigenvalue weighted by Crippen LogP contribution is -2.37. The van der Waals surface area contributed by atoms with E-state index in [-0.39, 0.29) is 23.3 Å². The third kappa shape index (κ3) is 3.18. The van der Waals surface area contributed by atoms with E-state index in [2.05, 4.69) is 33.1 Å². The van der Waals surface area contributed by atoms with Crippen LogP contribution in [-0.4, -0.2) is 22.3 Å². The molecule has 0 aliphatic carbocycles. The number of rotatable bonds is 3. The van der Waals surface area contributed by atoms with Gasteiger partial charge in [0.1, 0.15) is 0 Å². The van der Waals surface area contributed by atoms with Crippen molar-refractivity contribution in [3.8, 4) is 0 Å². The Labute approximate surface area is 91.6 Å². The highest BCUT2D eigenvalue weighted by atomic mass is 16.5. The van der Waals surface area contributed by atoms with Crippen molar-refractivity contribution in [1.29, 1.82) is 0 Å². The molecule has 1 aliphatic rings. The number of hydrogen-bond donors (Lipinski definition) is 2. The van der Waals surface area contributed by atoms with E-state index in [0.29, 0.717) is 0 Å². The van der Waals surface area contributed by atoms with Gasteiger partial charge in [0.05, 0.1) is 12.0 Å². The van der Waals surface area contributed by atoms with Crippen LogP contribution < -0.4 is 5.43 Å². The molecule has 0 aromatic carbocycles. The van der Waals surface area contributed by atoms with E-state index < -0.39 is 0 Å². The maximum Gasteiger partial charge on any atom is 0.240 e. The third-order valence-electron chi connectivity index (χ3n) is 2.76. The van der Waals surface area contributed by atoms with E-state index in [0.717, 1.165) is 24.4 Å². The maximum atomic E-state index is 11.6. The molecular formula is C11H22N2O2. The van der Waals surface area contributed by atoms with Crippen LogP contribution in [0.1, 0.15) is 47.0 Å². The third-order valence-corrected chi connectivity index (χ3v) is 2.76. The van der Waals surface area contributed by atoms with Gasteiger partial charge in [0.15, 0.2) is 0 Å². The number of carbonyl (C=O) groups is 1. The SMILES string of the molecule is CCCC1C(=O)NN(O)C1CC(C)(C)C. The van der Waals surface area contributed by atoms with Crippen LogP contribution in [0.25, 0.3) is 0 Å². The summed E-state index contributed by atoms with van der Waals surface area (Å²) < 4.78 is 0. The van der Waals surface area contributed by atoms with E-state index in [9.17, 15) is 10.0 Å². The van der Waals surface area contributed by atoms with Crippen LogP contribution in [0.3, 0.4) is 0 Å². The van der Waals surface area contributed by atoms with Crippen molar-refractivity contribution in [2.24, 2.45) is 11.3 Å². The predicted molar refractivity (Wildman–Crippen MR) is 58.0 cm³/mol. The Morgan fingerprint density at radius 3 is 2.53 bits per heavy atom. The van der Waals surface area contributed by atoms with Crippen molar-refractivity contribution < 1.29 is 10.0 Å². The summed E-state index contributed by atoms with van der Waals surface area (Å²) in [5.74, 6) is -0.118. The zero-order valence-corrected chi connectivity index (χ0v) is 10.1. The monoisotopic (exact) mass is 214 g/mol. The van der Waals surface area contributed by atoms with Crippen molar-refractivity contribution in [3.05, 3.63) is 0 Å². The van der Waals surface area contributed by atoms with Gasteiger partial charge in [0.2, 0.25) is 5.91 Å². The first-order chi connectivity index (χ1) is 6.85. The second-order valence-corrected chi connectivity index (χ2v) is 5.55. The van der Waals surface area contributed by atoms with Gasteiger partial charge in [-0.05, 0) is 18.3 Å². The maximum absolute atomic E-state index is 11.6. The lowest BCUT2D eigenvalue weighted by molar-refractivity contribution is -0.159. The fraction of sp³-hybridized carbons (Fsp3) is 0.909. The average molecular weight is 214 g/mol. The summed E-state index contributed by atoms with van der Waals surface area (Å²) in [6.07, 6.45) is 2.61. The summed E-state index contributed by atoms with van der Waals surface area (Å²) in [5.41, 5.74) is 2.59. The normalized spacial score (nSPS) is 28.2. The summed E-state index contributed by atoms with van der Waals surface area (Å²) in [5, 5.41) is 10.6. The van der Waals surface area contributed by atoms with Crippen LogP contribution in [0, 0.1) is 11.3 Å². The Hall–Kier alpha value is -0.610. The molecule has 88 valence electrons. The van der Waals surface area contributed by atoms with Gasteiger partial charge in [-0.2, -0.15) is 0 Å². The van der Waals surface area contributed by atoms with Gasteiger partial charge in [-0.15, -0.1) is 0 Å². The van der Waals surface area contributed by atoms with E-state index >= 15 is 0 Å². The van der Waals surface area contributed by atoms with Gasteiger partial charge < -0.3 is 0 Å². The summed E-state index contributed by atoms with van der Waals surface area (Å²) in [6.45, 7) is 8.41. The Morgan fingerprint density at radius 2 is 2.07 bits per heavy atom. The Morgan fingerprint density at radius 1 is 1.47 bits per heavy atom. The predicted octanol–water partition coefficient (Wildman–Crippen LogP) is 1.94. The van der Waals surface area contributed by atoms with Gasteiger partial charge in [-0.3, -0.25) is 15.4 Å². The molecule has 0 bridgehead atoms. The molecule has 0 radical (unpaired) electrons. The highest BCUT2D eigenvalue weighted by Crippen LogP contribution is 2.31. The van der Waals surface area contributed by atoms with Crippen molar-refractivity contribution in [2.75, 3.05) is 0 Å². The lowest BCUT2D eigenvalue weighted by atomic mass is 9.82. The minimum atomic E-state index is -0.0857. The van der Waals surface area contributed by atoms with Crippen molar-refractivity contribution >= 4 is 5.91 Å². The Kier molecular flexibility index (Phi) is 3.73. The number of carbonyl (C=O) groups excluding carboxylic acids is 1. The van der Waals surface area contributed by atoms with Gasteiger partial charge in [-0.1, -0.05) is 39.3 Å². The molecule has 1 aliphatic heterocycles.